The minimum atomic E-state index is 0.0636. The van der Waals surface area contributed by atoms with E-state index in [9.17, 15) is 4.79 Å². The smallest absolute Gasteiger partial charge is 0.274 e. The molecule has 0 saturated carbocycles. The molecule has 0 aliphatic carbocycles. The van der Waals surface area contributed by atoms with Gasteiger partial charge in [0.1, 0.15) is 5.69 Å². The molecule has 6 nitrogen and oxygen atoms in total. The Morgan fingerprint density at radius 2 is 1.89 bits per heavy atom. The maximum Gasteiger partial charge on any atom is 0.274 e. The predicted octanol–water partition coefficient (Wildman–Crippen LogP) is 4.12. The molecule has 1 amide bonds. The van der Waals surface area contributed by atoms with E-state index < -0.39 is 0 Å². The van der Waals surface area contributed by atoms with Crippen LogP contribution < -0.4 is 0 Å². The highest BCUT2D eigenvalue weighted by molar-refractivity contribution is 5.95. The Labute approximate surface area is 155 Å². The van der Waals surface area contributed by atoms with Crippen molar-refractivity contribution in [2.45, 2.75) is 12.8 Å². The third-order valence-electron chi connectivity index (χ3n) is 4.95. The van der Waals surface area contributed by atoms with Gasteiger partial charge in [0.15, 0.2) is 0 Å². The molecule has 5 rings (SSSR count). The van der Waals surface area contributed by atoms with Gasteiger partial charge in [-0.15, -0.1) is 0 Å². The molecular formula is C21H18N4O2. The van der Waals surface area contributed by atoms with Crippen LogP contribution in [0.3, 0.4) is 0 Å². The van der Waals surface area contributed by atoms with Crippen molar-refractivity contribution in [2.24, 2.45) is 0 Å². The number of benzene rings is 2. The van der Waals surface area contributed by atoms with Crippen LogP contribution in [-0.4, -0.2) is 39.0 Å². The zero-order chi connectivity index (χ0) is 18.2. The SMILES string of the molecule is O=C(c1cccc(-c2noc(-c3cc4ccccc4[nH]3)n2)c1)N1CCCC1. The van der Waals surface area contributed by atoms with Gasteiger partial charge in [-0.2, -0.15) is 4.98 Å². The van der Waals surface area contributed by atoms with Gasteiger partial charge in [0.2, 0.25) is 5.82 Å². The number of fused-ring (bicyclic) bond motifs is 1. The number of likely N-dealkylation sites (tertiary alicyclic amines) is 1. The van der Waals surface area contributed by atoms with Crippen molar-refractivity contribution in [2.75, 3.05) is 13.1 Å². The lowest BCUT2D eigenvalue weighted by Crippen LogP contribution is -2.27. The number of hydrogen-bond donors (Lipinski definition) is 1. The average molecular weight is 358 g/mol. The predicted molar refractivity (Wildman–Crippen MR) is 102 cm³/mol. The highest BCUT2D eigenvalue weighted by Gasteiger charge is 2.20. The van der Waals surface area contributed by atoms with Gasteiger partial charge in [-0.1, -0.05) is 35.5 Å². The maximum absolute atomic E-state index is 12.6. The van der Waals surface area contributed by atoms with Gasteiger partial charge in [0, 0.05) is 35.1 Å². The van der Waals surface area contributed by atoms with Crippen molar-refractivity contribution in [3.05, 3.63) is 60.2 Å². The second kappa shape index (κ2) is 6.39. The standard InChI is InChI=1S/C21H18N4O2/c26-21(25-10-3-4-11-25)16-8-5-7-15(12-16)19-23-20(27-24-19)18-13-14-6-1-2-9-17(14)22-18/h1-2,5-9,12-13,22H,3-4,10-11H2. The first-order chi connectivity index (χ1) is 13.3. The van der Waals surface area contributed by atoms with Crippen molar-refractivity contribution in [1.82, 2.24) is 20.0 Å². The molecule has 0 radical (unpaired) electrons. The van der Waals surface area contributed by atoms with Crippen LogP contribution in [0.1, 0.15) is 23.2 Å². The molecule has 1 aliphatic rings. The Morgan fingerprint density at radius 3 is 2.74 bits per heavy atom. The fourth-order valence-electron chi connectivity index (χ4n) is 3.53. The lowest BCUT2D eigenvalue weighted by molar-refractivity contribution is 0.0793. The molecule has 1 aliphatic heterocycles. The van der Waals surface area contributed by atoms with Crippen LogP contribution in [0.25, 0.3) is 33.9 Å². The number of nitrogens with one attached hydrogen (secondary N) is 1. The number of aromatic nitrogens is 3. The van der Waals surface area contributed by atoms with E-state index in [2.05, 4.69) is 15.1 Å². The Kier molecular flexibility index (Phi) is 3.74. The zero-order valence-electron chi connectivity index (χ0n) is 14.7. The molecule has 3 heterocycles. The number of H-pyrrole nitrogens is 1. The zero-order valence-corrected chi connectivity index (χ0v) is 14.7. The van der Waals surface area contributed by atoms with Crippen LogP contribution in [-0.2, 0) is 0 Å². The van der Waals surface area contributed by atoms with Crippen LogP contribution >= 0.6 is 0 Å². The summed E-state index contributed by atoms with van der Waals surface area (Å²) >= 11 is 0. The lowest BCUT2D eigenvalue weighted by Gasteiger charge is -2.15. The fraction of sp³-hybridized carbons (Fsp3) is 0.190. The van der Waals surface area contributed by atoms with Crippen LogP contribution in [0.5, 0.6) is 0 Å². The summed E-state index contributed by atoms with van der Waals surface area (Å²) in [5.74, 6) is 0.964. The number of hydrogen-bond acceptors (Lipinski definition) is 4. The van der Waals surface area contributed by atoms with E-state index in [1.165, 1.54) is 0 Å². The lowest BCUT2D eigenvalue weighted by atomic mass is 10.1. The largest absolute Gasteiger partial charge is 0.351 e. The van der Waals surface area contributed by atoms with Gasteiger partial charge < -0.3 is 14.4 Å². The van der Waals surface area contributed by atoms with E-state index in [0.29, 0.717) is 17.3 Å². The molecule has 0 atom stereocenters. The minimum Gasteiger partial charge on any atom is -0.351 e. The first-order valence-corrected chi connectivity index (χ1v) is 9.09. The molecule has 27 heavy (non-hydrogen) atoms. The Morgan fingerprint density at radius 1 is 1.04 bits per heavy atom. The third kappa shape index (κ3) is 2.89. The summed E-state index contributed by atoms with van der Waals surface area (Å²) in [6, 6.07) is 17.4. The minimum absolute atomic E-state index is 0.0636. The van der Waals surface area contributed by atoms with Gasteiger partial charge in [0.25, 0.3) is 11.8 Å². The van der Waals surface area contributed by atoms with Gasteiger partial charge >= 0.3 is 0 Å². The number of carbonyl (C=O) groups is 1. The number of para-hydroxylation sites is 1. The van der Waals surface area contributed by atoms with E-state index in [4.69, 9.17) is 4.52 Å². The molecule has 1 fully saturated rings. The number of amides is 1. The van der Waals surface area contributed by atoms with Crippen molar-refractivity contribution in [3.63, 3.8) is 0 Å². The van der Waals surface area contributed by atoms with Crippen LogP contribution in [0, 0.1) is 0 Å². The summed E-state index contributed by atoms with van der Waals surface area (Å²) < 4.78 is 5.45. The van der Waals surface area contributed by atoms with Crippen molar-refractivity contribution >= 4 is 16.8 Å². The van der Waals surface area contributed by atoms with E-state index in [0.717, 1.165) is 48.1 Å². The van der Waals surface area contributed by atoms with Crippen molar-refractivity contribution < 1.29 is 9.32 Å². The Balaban J connectivity index is 1.45. The van der Waals surface area contributed by atoms with E-state index >= 15 is 0 Å². The summed E-state index contributed by atoms with van der Waals surface area (Å²) in [5.41, 5.74) is 3.22. The Hall–Kier alpha value is -3.41. The molecule has 1 saturated heterocycles. The van der Waals surface area contributed by atoms with Gasteiger partial charge in [-0.25, -0.2) is 0 Å². The van der Waals surface area contributed by atoms with Crippen LogP contribution in [0.15, 0.2) is 59.1 Å². The fourth-order valence-corrected chi connectivity index (χ4v) is 3.53. The first-order valence-electron chi connectivity index (χ1n) is 9.09. The first kappa shape index (κ1) is 15.8. The third-order valence-corrected chi connectivity index (χ3v) is 4.95. The highest BCUT2D eigenvalue weighted by Crippen LogP contribution is 2.26. The summed E-state index contributed by atoms with van der Waals surface area (Å²) in [6.45, 7) is 1.66. The molecule has 134 valence electrons. The number of rotatable bonds is 3. The average Bonchev–Trinajstić information content (AvgIpc) is 3.47. The molecule has 2 aromatic carbocycles. The topological polar surface area (TPSA) is 75.0 Å². The molecule has 1 N–H and O–H groups in total. The van der Waals surface area contributed by atoms with Gasteiger partial charge in [-0.05, 0) is 37.1 Å². The second-order valence-electron chi connectivity index (χ2n) is 6.77. The molecule has 2 aromatic heterocycles. The molecule has 0 spiro atoms. The number of aromatic amines is 1. The summed E-state index contributed by atoms with van der Waals surface area (Å²) in [7, 11) is 0. The van der Waals surface area contributed by atoms with E-state index in [1.54, 1.807) is 0 Å². The van der Waals surface area contributed by atoms with Crippen LogP contribution in [0.4, 0.5) is 0 Å². The molecule has 6 heteroatoms. The summed E-state index contributed by atoms with van der Waals surface area (Å²) in [4.78, 5) is 22.3. The molecule has 4 aromatic rings. The number of carbonyl (C=O) groups excluding carboxylic acids is 1. The maximum atomic E-state index is 12.6. The molecule has 0 bridgehead atoms. The van der Waals surface area contributed by atoms with Crippen LogP contribution in [0.2, 0.25) is 0 Å². The Bertz CT molecular complexity index is 1090. The monoisotopic (exact) mass is 358 g/mol. The van der Waals surface area contributed by atoms with E-state index in [1.807, 2.05) is 59.5 Å². The number of nitrogens with zero attached hydrogens (tertiary/aromatic N) is 3. The van der Waals surface area contributed by atoms with Gasteiger partial charge in [-0.3, -0.25) is 4.79 Å². The normalized spacial score (nSPS) is 14.1. The molecular weight excluding hydrogens is 340 g/mol. The van der Waals surface area contributed by atoms with Crippen molar-refractivity contribution in [3.8, 4) is 23.0 Å². The van der Waals surface area contributed by atoms with E-state index in [-0.39, 0.29) is 5.91 Å². The summed E-state index contributed by atoms with van der Waals surface area (Å²) in [6.07, 6.45) is 2.15. The van der Waals surface area contributed by atoms with Crippen molar-refractivity contribution in [1.29, 1.82) is 0 Å². The highest BCUT2D eigenvalue weighted by atomic mass is 16.5. The second-order valence-corrected chi connectivity index (χ2v) is 6.77. The molecule has 0 unspecified atom stereocenters. The van der Waals surface area contributed by atoms with Gasteiger partial charge in [0.05, 0.1) is 0 Å². The summed E-state index contributed by atoms with van der Waals surface area (Å²) in [5, 5.41) is 5.19. The quantitative estimate of drug-likeness (QED) is 0.598.